The van der Waals surface area contributed by atoms with Crippen molar-refractivity contribution >= 4 is 30.2 Å². The van der Waals surface area contributed by atoms with Crippen LogP contribution in [0.4, 0.5) is 0 Å². The molecule has 32 heavy (non-hydrogen) atoms. The average molecular weight is 463 g/mol. The van der Waals surface area contributed by atoms with Crippen molar-refractivity contribution in [3.8, 4) is 0 Å². The van der Waals surface area contributed by atoms with Gasteiger partial charge in [-0.1, -0.05) is 19.4 Å². The lowest BCUT2D eigenvalue weighted by atomic mass is 9.45. The maximum Gasteiger partial charge on any atom is 0.312 e. The molecular formula is C26H38O5S. The number of aliphatic hydroxyl groups excluding tert-OH is 1. The summed E-state index contributed by atoms with van der Waals surface area (Å²) < 4.78 is 6.16. The number of carbonyl (C=O) groups excluding carboxylic acids is 3. The van der Waals surface area contributed by atoms with E-state index < -0.39 is 22.5 Å². The molecule has 4 aliphatic rings. The predicted octanol–water partition coefficient (Wildman–Crippen LogP) is 4.32. The first-order chi connectivity index (χ1) is 14.8. The molecule has 0 radical (unpaired) electrons. The topological polar surface area (TPSA) is 80.7 Å². The summed E-state index contributed by atoms with van der Waals surface area (Å²) in [4.78, 5) is 38.4. The maximum absolute atomic E-state index is 13.4. The van der Waals surface area contributed by atoms with Gasteiger partial charge in [-0.15, -0.1) is 0 Å². The van der Waals surface area contributed by atoms with Crippen LogP contribution in [0.15, 0.2) is 11.6 Å². The van der Waals surface area contributed by atoms with E-state index >= 15 is 0 Å². The van der Waals surface area contributed by atoms with Crippen LogP contribution >= 0.6 is 12.6 Å². The molecule has 0 amide bonds. The maximum atomic E-state index is 13.4. The fourth-order valence-electron chi connectivity index (χ4n) is 7.80. The van der Waals surface area contributed by atoms with Crippen LogP contribution in [-0.2, 0) is 19.1 Å². The number of thiol groups is 1. The molecule has 0 saturated heterocycles. The van der Waals surface area contributed by atoms with E-state index in [1.54, 1.807) is 20.8 Å². The second-order valence-corrected chi connectivity index (χ2v) is 12.5. The molecule has 0 heterocycles. The molecule has 3 saturated carbocycles. The van der Waals surface area contributed by atoms with Gasteiger partial charge in [0.2, 0.25) is 0 Å². The molecule has 4 rings (SSSR count). The zero-order valence-electron chi connectivity index (χ0n) is 20.1. The summed E-state index contributed by atoms with van der Waals surface area (Å²) in [6.07, 6.45) is 6.00. The number of ketones is 2. The van der Waals surface area contributed by atoms with Crippen molar-refractivity contribution in [1.29, 1.82) is 0 Å². The number of hydrogen-bond donors (Lipinski definition) is 2. The summed E-state index contributed by atoms with van der Waals surface area (Å²) in [7, 11) is 0. The van der Waals surface area contributed by atoms with Crippen molar-refractivity contribution in [2.75, 3.05) is 5.75 Å². The summed E-state index contributed by atoms with van der Waals surface area (Å²) in [5.41, 5.74) is -1.59. The summed E-state index contributed by atoms with van der Waals surface area (Å²) in [5, 5.41) is 11.6. The Hall–Kier alpha value is -1.14. The van der Waals surface area contributed by atoms with Gasteiger partial charge in [0.25, 0.3) is 0 Å². The number of fused-ring (bicyclic) bond motifs is 5. The van der Waals surface area contributed by atoms with Crippen molar-refractivity contribution in [3.63, 3.8) is 0 Å². The summed E-state index contributed by atoms with van der Waals surface area (Å²) in [6, 6.07) is 0. The number of carbonyl (C=O) groups is 3. The van der Waals surface area contributed by atoms with E-state index in [0.29, 0.717) is 19.3 Å². The van der Waals surface area contributed by atoms with E-state index in [0.717, 1.165) is 25.7 Å². The van der Waals surface area contributed by atoms with Crippen LogP contribution in [0.5, 0.6) is 0 Å². The van der Waals surface area contributed by atoms with E-state index in [2.05, 4.69) is 26.5 Å². The quantitative estimate of drug-likeness (QED) is 0.482. The van der Waals surface area contributed by atoms with E-state index in [-0.39, 0.29) is 46.5 Å². The number of aliphatic hydroxyl groups is 1. The summed E-state index contributed by atoms with van der Waals surface area (Å²) >= 11 is 4.29. The van der Waals surface area contributed by atoms with Crippen LogP contribution in [0.1, 0.15) is 79.6 Å². The summed E-state index contributed by atoms with van der Waals surface area (Å²) in [5.74, 6) is 0.160. The van der Waals surface area contributed by atoms with Crippen molar-refractivity contribution < 1.29 is 24.2 Å². The molecule has 3 fully saturated rings. The Labute approximate surface area is 197 Å². The molecule has 1 N–H and O–H groups in total. The smallest absolute Gasteiger partial charge is 0.312 e. The van der Waals surface area contributed by atoms with Gasteiger partial charge in [-0.3, -0.25) is 14.4 Å². The Morgan fingerprint density at radius 3 is 2.50 bits per heavy atom. The largest absolute Gasteiger partial charge is 0.450 e. The number of Topliss-reactive ketones (excluding diaryl/α,β-unsaturated/α-hetero) is 1. The van der Waals surface area contributed by atoms with Crippen LogP contribution in [0, 0.1) is 34.0 Å². The van der Waals surface area contributed by atoms with Crippen LogP contribution in [0.3, 0.4) is 0 Å². The Bertz CT molecular complexity index is 872. The number of ether oxygens (including phenoxy) is 1. The van der Waals surface area contributed by atoms with E-state index in [1.807, 2.05) is 6.08 Å². The monoisotopic (exact) mass is 462 g/mol. The molecule has 7 atom stereocenters. The van der Waals surface area contributed by atoms with E-state index in [1.165, 1.54) is 5.57 Å². The van der Waals surface area contributed by atoms with Gasteiger partial charge < -0.3 is 9.84 Å². The SMILES string of the molecule is CC(C)(C)C(=O)O[C@]1(C(=O)CS)CC[C@H]2[C@@H]3CCC4=CC(=O)CC[C@]4(C)[C@H]3[C@@H](O)C[C@@]21C. The van der Waals surface area contributed by atoms with Gasteiger partial charge in [-0.2, -0.15) is 12.6 Å². The van der Waals surface area contributed by atoms with Gasteiger partial charge >= 0.3 is 5.97 Å². The highest BCUT2D eigenvalue weighted by atomic mass is 32.1. The lowest BCUT2D eigenvalue weighted by Gasteiger charge is -2.60. The van der Waals surface area contributed by atoms with Crippen molar-refractivity contribution in [2.24, 2.45) is 34.0 Å². The average Bonchev–Trinajstić information content (AvgIpc) is 2.99. The minimum absolute atomic E-state index is 0.0106. The third kappa shape index (κ3) is 3.26. The van der Waals surface area contributed by atoms with Gasteiger partial charge in [-0.25, -0.2) is 0 Å². The lowest BCUT2D eigenvalue weighted by Crippen LogP contribution is -2.63. The predicted molar refractivity (Wildman–Crippen MR) is 125 cm³/mol. The van der Waals surface area contributed by atoms with E-state index in [9.17, 15) is 19.5 Å². The standard InChI is InChI=1S/C26H38O5S/c1-23(2,3)22(30)31-26(20(29)14-32)11-9-18-17-7-6-15-12-16(27)8-10-24(15,4)21(17)19(28)13-25(18,26)5/h12,17-19,21,28,32H,6-11,13-14H2,1-5H3/t17-,18-,19-,21+,24-,25-,26-/m0/s1. The molecule has 0 aliphatic heterocycles. The Morgan fingerprint density at radius 1 is 1.19 bits per heavy atom. The normalized spacial score (nSPS) is 43.6. The highest BCUT2D eigenvalue weighted by molar-refractivity contribution is 7.81. The molecule has 4 aliphatic carbocycles. The Kier molecular flexibility index (Phi) is 5.77. The van der Waals surface area contributed by atoms with Gasteiger partial charge in [0, 0.05) is 11.8 Å². The first-order valence-electron chi connectivity index (χ1n) is 12.1. The third-order valence-electron chi connectivity index (χ3n) is 9.49. The molecule has 0 aromatic rings. The van der Waals surface area contributed by atoms with Crippen LogP contribution in [0.2, 0.25) is 0 Å². The van der Waals surface area contributed by atoms with Crippen molar-refractivity contribution in [3.05, 3.63) is 11.6 Å². The molecule has 0 aromatic carbocycles. The lowest BCUT2D eigenvalue weighted by molar-refractivity contribution is -0.205. The van der Waals surface area contributed by atoms with Gasteiger partial charge in [0.15, 0.2) is 17.2 Å². The van der Waals surface area contributed by atoms with Gasteiger partial charge in [0.1, 0.15) is 0 Å². The molecule has 6 heteroatoms. The minimum atomic E-state index is -1.24. The van der Waals surface area contributed by atoms with Gasteiger partial charge in [0.05, 0.1) is 17.3 Å². The molecule has 0 unspecified atom stereocenters. The second-order valence-electron chi connectivity index (χ2n) is 12.2. The molecule has 0 spiro atoms. The summed E-state index contributed by atoms with van der Waals surface area (Å²) in [6.45, 7) is 9.67. The van der Waals surface area contributed by atoms with Crippen molar-refractivity contribution in [2.45, 2.75) is 91.3 Å². The Balaban J connectivity index is 1.75. The van der Waals surface area contributed by atoms with E-state index in [4.69, 9.17) is 4.74 Å². The highest BCUT2D eigenvalue weighted by Crippen LogP contribution is 2.68. The molecule has 0 aromatic heterocycles. The number of rotatable bonds is 3. The number of hydrogen-bond acceptors (Lipinski definition) is 6. The van der Waals surface area contributed by atoms with Crippen LogP contribution < -0.4 is 0 Å². The number of allylic oxidation sites excluding steroid dienone is 1. The number of esters is 1. The van der Waals surface area contributed by atoms with Crippen LogP contribution in [-0.4, -0.2) is 40.1 Å². The fourth-order valence-corrected chi connectivity index (χ4v) is 8.05. The zero-order chi connectivity index (χ0) is 23.7. The minimum Gasteiger partial charge on any atom is -0.450 e. The third-order valence-corrected chi connectivity index (χ3v) is 9.78. The second kappa shape index (κ2) is 7.69. The zero-order valence-corrected chi connectivity index (χ0v) is 21.0. The first kappa shape index (κ1) is 24.0. The highest BCUT2D eigenvalue weighted by Gasteiger charge is 2.70. The Morgan fingerprint density at radius 2 is 1.88 bits per heavy atom. The first-order valence-corrected chi connectivity index (χ1v) is 12.7. The molecule has 5 nitrogen and oxygen atoms in total. The molecular weight excluding hydrogens is 424 g/mol. The van der Waals surface area contributed by atoms with Crippen molar-refractivity contribution in [1.82, 2.24) is 0 Å². The van der Waals surface area contributed by atoms with Crippen LogP contribution in [0.25, 0.3) is 0 Å². The molecule has 0 bridgehead atoms. The molecule has 178 valence electrons. The van der Waals surface area contributed by atoms with Gasteiger partial charge in [-0.05, 0) is 88.5 Å². The fraction of sp³-hybridized carbons (Fsp3) is 0.808.